The summed E-state index contributed by atoms with van der Waals surface area (Å²) >= 11 is 0. The third kappa shape index (κ3) is 4.30. The van der Waals surface area contributed by atoms with Crippen molar-refractivity contribution >= 4 is 16.9 Å². The summed E-state index contributed by atoms with van der Waals surface area (Å²) in [7, 11) is 0. The van der Waals surface area contributed by atoms with Crippen LogP contribution in [0.1, 0.15) is 24.5 Å². The van der Waals surface area contributed by atoms with Crippen molar-refractivity contribution in [2.75, 3.05) is 6.61 Å². The van der Waals surface area contributed by atoms with Gasteiger partial charge in [-0.15, -0.1) is 0 Å². The zero-order valence-electron chi connectivity index (χ0n) is 14.6. The number of aliphatic carboxylic acids is 1. The number of hydrogen-bond acceptors (Lipinski definition) is 4. The molecule has 0 atom stereocenters. The van der Waals surface area contributed by atoms with Gasteiger partial charge >= 0.3 is 5.97 Å². The topological polar surface area (TPSA) is 68.7 Å². The molecule has 0 aliphatic rings. The number of aromatic nitrogens is 1. The lowest BCUT2D eigenvalue weighted by Crippen LogP contribution is -2.02. The van der Waals surface area contributed by atoms with Crippen LogP contribution in [0.15, 0.2) is 54.7 Å². The Morgan fingerprint density at radius 1 is 1.08 bits per heavy atom. The van der Waals surface area contributed by atoms with E-state index in [0.717, 1.165) is 22.0 Å². The number of benzene rings is 2. The number of para-hydroxylation sites is 1. The van der Waals surface area contributed by atoms with E-state index >= 15 is 0 Å². The second-order valence-corrected chi connectivity index (χ2v) is 5.88. The van der Waals surface area contributed by atoms with E-state index in [4.69, 9.17) is 14.6 Å². The van der Waals surface area contributed by atoms with Gasteiger partial charge in [0.25, 0.3) is 0 Å². The smallest absolute Gasteiger partial charge is 0.303 e. The zero-order valence-corrected chi connectivity index (χ0v) is 14.6. The third-order valence-corrected chi connectivity index (χ3v) is 4.06. The molecular weight excluding hydrogens is 330 g/mol. The molecule has 0 bridgehead atoms. The van der Waals surface area contributed by atoms with Gasteiger partial charge in [-0.3, -0.25) is 9.78 Å². The molecule has 0 fully saturated rings. The summed E-state index contributed by atoms with van der Waals surface area (Å²) in [6, 6.07) is 15.5. The number of carboxylic acids is 1. The highest BCUT2D eigenvalue weighted by Gasteiger charge is 2.09. The van der Waals surface area contributed by atoms with Gasteiger partial charge in [0.2, 0.25) is 0 Å². The number of pyridine rings is 1. The molecule has 1 N–H and O–H groups in total. The monoisotopic (exact) mass is 351 g/mol. The second kappa shape index (κ2) is 8.34. The predicted octanol–water partition coefficient (Wildman–Crippen LogP) is 4.23. The number of fused-ring (bicyclic) bond motifs is 1. The van der Waals surface area contributed by atoms with Crippen LogP contribution >= 0.6 is 0 Å². The van der Waals surface area contributed by atoms with Gasteiger partial charge in [0, 0.05) is 29.6 Å². The normalized spacial score (nSPS) is 10.7. The van der Waals surface area contributed by atoms with Crippen LogP contribution in [0.3, 0.4) is 0 Å². The first-order valence-corrected chi connectivity index (χ1v) is 8.60. The maximum absolute atomic E-state index is 10.8. The highest BCUT2D eigenvalue weighted by Crippen LogP contribution is 2.27. The Kier molecular flexibility index (Phi) is 5.69. The molecule has 0 amide bonds. The van der Waals surface area contributed by atoms with Crippen molar-refractivity contribution in [3.63, 3.8) is 0 Å². The average molecular weight is 351 g/mol. The third-order valence-electron chi connectivity index (χ3n) is 4.06. The maximum atomic E-state index is 10.8. The van der Waals surface area contributed by atoms with E-state index in [2.05, 4.69) is 4.98 Å². The molecule has 0 saturated heterocycles. The summed E-state index contributed by atoms with van der Waals surface area (Å²) in [5, 5.41) is 9.95. The van der Waals surface area contributed by atoms with Gasteiger partial charge in [-0.1, -0.05) is 30.3 Å². The molecule has 0 radical (unpaired) electrons. The number of ether oxygens (including phenoxy) is 2. The van der Waals surface area contributed by atoms with Crippen LogP contribution in [0.2, 0.25) is 0 Å². The van der Waals surface area contributed by atoms with Crippen LogP contribution in [0.5, 0.6) is 11.5 Å². The van der Waals surface area contributed by atoms with E-state index in [0.29, 0.717) is 31.1 Å². The Labute approximate surface area is 152 Å². The van der Waals surface area contributed by atoms with E-state index in [1.807, 2.05) is 55.5 Å². The van der Waals surface area contributed by atoms with Crippen LogP contribution in [0, 0.1) is 0 Å². The summed E-state index contributed by atoms with van der Waals surface area (Å²) in [5.41, 5.74) is 2.81. The minimum absolute atomic E-state index is 0.0714. The minimum atomic E-state index is -0.823. The fraction of sp³-hybridized carbons (Fsp3) is 0.238. The standard InChI is InChI=1S/C21H21NO4/c1-2-25-19-13-18(10-8-15(19)9-11-20(23)24)26-14-17-6-3-5-16-7-4-12-22-21(16)17/h3-8,10,12-13H,2,9,11,14H2,1H3,(H,23,24). The van der Waals surface area contributed by atoms with E-state index in [1.54, 1.807) is 6.20 Å². The van der Waals surface area contributed by atoms with Crippen molar-refractivity contribution in [3.8, 4) is 11.5 Å². The number of carboxylic acid groups (broad SMARTS) is 1. The van der Waals surface area contributed by atoms with Crippen LogP contribution < -0.4 is 9.47 Å². The molecule has 0 aliphatic carbocycles. The van der Waals surface area contributed by atoms with Crippen molar-refractivity contribution < 1.29 is 19.4 Å². The van der Waals surface area contributed by atoms with Gasteiger partial charge in [0.05, 0.1) is 12.1 Å². The van der Waals surface area contributed by atoms with Gasteiger partial charge in [-0.2, -0.15) is 0 Å². The van der Waals surface area contributed by atoms with E-state index in [-0.39, 0.29) is 6.42 Å². The molecule has 0 unspecified atom stereocenters. The molecule has 2 aromatic carbocycles. The lowest BCUT2D eigenvalue weighted by molar-refractivity contribution is -0.136. The number of aryl methyl sites for hydroxylation is 1. The van der Waals surface area contributed by atoms with Crippen LogP contribution in [0.4, 0.5) is 0 Å². The predicted molar refractivity (Wildman–Crippen MR) is 99.6 cm³/mol. The lowest BCUT2D eigenvalue weighted by Gasteiger charge is -2.13. The van der Waals surface area contributed by atoms with Crippen molar-refractivity contribution in [3.05, 3.63) is 65.9 Å². The van der Waals surface area contributed by atoms with E-state index in [1.165, 1.54) is 0 Å². The molecule has 3 aromatic rings. The second-order valence-electron chi connectivity index (χ2n) is 5.88. The Hall–Kier alpha value is -3.08. The average Bonchev–Trinajstić information content (AvgIpc) is 2.65. The SMILES string of the molecule is CCOc1cc(OCc2cccc3cccnc23)ccc1CCC(=O)O. The quantitative estimate of drug-likeness (QED) is 0.658. The minimum Gasteiger partial charge on any atom is -0.493 e. The zero-order chi connectivity index (χ0) is 18.4. The molecule has 5 heteroatoms. The van der Waals surface area contributed by atoms with Crippen molar-refractivity contribution in [1.29, 1.82) is 0 Å². The Morgan fingerprint density at radius 3 is 2.73 bits per heavy atom. The molecular formula is C21H21NO4. The van der Waals surface area contributed by atoms with E-state index in [9.17, 15) is 4.79 Å². The molecule has 1 heterocycles. The fourth-order valence-corrected chi connectivity index (χ4v) is 2.81. The molecule has 0 saturated carbocycles. The lowest BCUT2D eigenvalue weighted by atomic mass is 10.1. The summed E-state index contributed by atoms with van der Waals surface area (Å²) in [6.07, 6.45) is 2.27. The molecule has 26 heavy (non-hydrogen) atoms. The first kappa shape index (κ1) is 17.7. The Morgan fingerprint density at radius 2 is 1.92 bits per heavy atom. The molecule has 0 aliphatic heterocycles. The molecule has 1 aromatic heterocycles. The summed E-state index contributed by atoms with van der Waals surface area (Å²) in [5.74, 6) is 0.527. The van der Waals surface area contributed by atoms with Crippen molar-refractivity contribution in [1.82, 2.24) is 4.98 Å². The molecule has 5 nitrogen and oxygen atoms in total. The summed E-state index contributed by atoms with van der Waals surface area (Å²) in [4.78, 5) is 15.2. The summed E-state index contributed by atoms with van der Waals surface area (Å²) < 4.78 is 11.6. The van der Waals surface area contributed by atoms with Crippen LogP contribution in [-0.4, -0.2) is 22.7 Å². The number of nitrogens with zero attached hydrogens (tertiary/aromatic N) is 1. The van der Waals surface area contributed by atoms with Gasteiger partial charge in [0.15, 0.2) is 0 Å². The maximum Gasteiger partial charge on any atom is 0.303 e. The highest BCUT2D eigenvalue weighted by atomic mass is 16.5. The van der Waals surface area contributed by atoms with Gasteiger partial charge in [-0.05, 0) is 31.0 Å². The van der Waals surface area contributed by atoms with Gasteiger partial charge < -0.3 is 14.6 Å². The number of carbonyl (C=O) groups is 1. The van der Waals surface area contributed by atoms with Crippen molar-refractivity contribution in [2.24, 2.45) is 0 Å². The van der Waals surface area contributed by atoms with Crippen molar-refractivity contribution in [2.45, 2.75) is 26.4 Å². The number of rotatable bonds is 8. The molecule has 0 spiro atoms. The Bertz CT molecular complexity index is 902. The Balaban J connectivity index is 1.76. The number of hydrogen-bond donors (Lipinski definition) is 1. The van der Waals surface area contributed by atoms with Gasteiger partial charge in [-0.25, -0.2) is 0 Å². The van der Waals surface area contributed by atoms with E-state index < -0.39 is 5.97 Å². The largest absolute Gasteiger partial charge is 0.493 e. The van der Waals surface area contributed by atoms with Gasteiger partial charge in [0.1, 0.15) is 18.1 Å². The molecule has 3 rings (SSSR count). The van der Waals surface area contributed by atoms with Crippen LogP contribution in [-0.2, 0) is 17.8 Å². The first-order valence-electron chi connectivity index (χ1n) is 8.60. The molecule has 134 valence electrons. The summed E-state index contributed by atoms with van der Waals surface area (Å²) in [6.45, 7) is 2.81. The highest BCUT2D eigenvalue weighted by molar-refractivity contribution is 5.81. The fourth-order valence-electron chi connectivity index (χ4n) is 2.81. The van der Waals surface area contributed by atoms with Crippen LogP contribution in [0.25, 0.3) is 10.9 Å². The first-order chi connectivity index (χ1) is 12.7.